The summed E-state index contributed by atoms with van der Waals surface area (Å²) in [7, 11) is 0. The van der Waals surface area contributed by atoms with E-state index in [1.807, 2.05) is 32.0 Å². The molecule has 0 fully saturated rings. The molecule has 2 amide bonds. The van der Waals surface area contributed by atoms with E-state index in [2.05, 4.69) is 29.1 Å². The molecule has 6 heteroatoms. The Morgan fingerprint density at radius 3 is 2.44 bits per heavy atom. The summed E-state index contributed by atoms with van der Waals surface area (Å²) in [6, 6.07) is 12.1. The molecule has 142 valence electrons. The van der Waals surface area contributed by atoms with E-state index in [0.29, 0.717) is 5.75 Å². The zero-order chi connectivity index (χ0) is 19.2. The molecule has 0 heterocycles. The van der Waals surface area contributed by atoms with Gasteiger partial charge in [-0.05, 0) is 79.6 Å². The highest BCUT2D eigenvalue weighted by atomic mass is 32.2. The first-order chi connectivity index (χ1) is 13.0. The number of carbonyl (C=O) groups is 2. The molecule has 27 heavy (non-hydrogen) atoms. The van der Waals surface area contributed by atoms with Crippen molar-refractivity contribution in [2.24, 2.45) is 0 Å². The molecule has 2 aromatic carbocycles. The van der Waals surface area contributed by atoms with Gasteiger partial charge >= 0.3 is 0 Å². The van der Waals surface area contributed by atoms with Crippen molar-refractivity contribution in [2.75, 3.05) is 12.4 Å². The Bertz CT molecular complexity index is 831. The number of hydrogen-bond donors (Lipinski definition) is 2. The van der Waals surface area contributed by atoms with Gasteiger partial charge in [-0.2, -0.15) is 0 Å². The van der Waals surface area contributed by atoms with E-state index in [4.69, 9.17) is 4.74 Å². The van der Waals surface area contributed by atoms with Crippen LogP contribution in [0, 0.1) is 13.8 Å². The van der Waals surface area contributed by atoms with E-state index < -0.39 is 5.91 Å². The summed E-state index contributed by atoms with van der Waals surface area (Å²) in [5.74, 6) is 0.239. The molecule has 2 aromatic rings. The molecule has 0 atom stereocenters. The fourth-order valence-electron chi connectivity index (χ4n) is 3.16. The quantitative estimate of drug-likeness (QED) is 0.593. The first-order valence-electron chi connectivity index (χ1n) is 9.03. The molecular formula is C21H24N2O3S. The third kappa shape index (κ3) is 5.76. The molecule has 3 rings (SSSR count). The molecule has 0 aromatic heterocycles. The maximum atomic E-state index is 11.9. The minimum absolute atomic E-state index is 0.152. The number of thioether (sulfide) groups is 1. The molecule has 0 saturated heterocycles. The van der Waals surface area contributed by atoms with Crippen molar-refractivity contribution in [1.82, 2.24) is 10.9 Å². The monoisotopic (exact) mass is 384 g/mol. The number of rotatable bonds is 6. The van der Waals surface area contributed by atoms with Crippen LogP contribution in [0.15, 0.2) is 41.3 Å². The van der Waals surface area contributed by atoms with Gasteiger partial charge in [0.25, 0.3) is 5.91 Å². The molecule has 2 N–H and O–H groups in total. The second-order valence-corrected chi connectivity index (χ2v) is 7.83. The third-order valence-corrected chi connectivity index (χ3v) is 5.34. The molecule has 0 spiro atoms. The number of carbonyl (C=O) groups excluding carboxylic acids is 2. The van der Waals surface area contributed by atoms with Crippen LogP contribution in [-0.4, -0.2) is 24.2 Å². The van der Waals surface area contributed by atoms with E-state index in [1.165, 1.54) is 29.3 Å². The number of fused-ring (bicyclic) bond motifs is 1. The van der Waals surface area contributed by atoms with Gasteiger partial charge in [-0.15, -0.1) is 11.8 Å². The van der Waals surface area contributed by atoms with Gasteiger partial charge in [-0.25, -0.2) is 0 Å². The fraction of sp³-hybridized carbons (Fsp3) is 0.333. The fourth-order valence-corrected chi connectivity index (χ4v) is 3.92. The van der Waals surface area contributed by atoms with E-state index >= 15 is 0 Å². The molecule has 0 radical (unpaired) electrons. The molecule has 0 aliphatic heterocycles. The van der Waals surface area contributed by atoms with Crippen LogP contribution < -0.4 is 15.6 Å². The largest absolute Gasteiger partial charge is 0.484 e. The lowest BCUT2D eigenvalue weighted by molar-refractivity contribution is -0.128. The average Bonchev–Trinajstić information content (AvgIpc) is 3.10. The Kier molecular flexibility index (Phi) is 6.40. The number of hydrogen-bond acceptors (Lipinski definition) is 4. The predicted octanol–water partition coefficient (Wildman–Crippen LogP) is 3.11. The number of amides is 2. The van der Waals surface area contributed by atoms with Crippen molar-refractivity contribution < 1.29 is 14.3 Å². The standard InChI is InChI=1S/C21H24N2O3S/c1-14-8-15(2)10-18(9-14)26-12-20(24)22-23-21(25)13-27-19-7-6-16-4-3-5-17(16)11-19/h6-11H,3-5,12-13H2,1-2H3,(H,22,24)(H,23,25). The molecule has 0 bridgehead atoms. The molecule has 1 aliphatic rings. The smallest absolute Gasteiger partial charge is 0.276 e. The van der Waals surface area contributed by atoms with Gasteiger partial charge in [-0.1, -0.05) is 12.1 Å². The summed E-state index contributed by atoms with van der Waals surface area (Å²) in [4.78, 5) is 24.8. The summed E-state index contributed by atoms with van der Waals surface area (Å²) in [5.41, 5.74) is 9.75. The lowest BCUT2D eigenvalue weighted by atomic mass is 10.1. The van der Waals surface area contributed by atoms with E-state index in [1.54, 1.807) is 0 Å². The second-order valence-electron chi connectivity index (χ2n) is 6.78. The number of ether oxygens (including phenoxy) is 1. The van der Waals surface area contributed by atoms with Gasteiger partial charge in [0, 0.05) is 4.90 Å². The molecular weight excluding hydrogens is 360 g/mol. The van der Waals surface area contributed by atoms with Gasteiger partial charge in [0.2, 0.25) is 5.91 Å². The third-order valence-electron chi connectivity index (χ3n) is 4.35. The Balaban J connectivity index is 1.37. The van der Waals surface area contributed by atoms with Crippen molar-refractivity contribution in [2.45, 2.75) is 38.0 Å². The van der Waals surface area contributed by atoms with Crippen molar-refractivity contribution in [3.8, 4) is 5.75 Å². The zero-order valence-corrected chi connectivity index (χ0v) is 16.4. The van der Waals surface area contributed by atoms with Gasteiger partial charge in [0.15, 0.2) is 6.61 Å². The maximum absolute atomic E-state index is 11.9. The summed E-state index contributed by atoms with van der Waals surface area (Å²) in [6.07, 6.45) is 3.48. The maximum Gasteiger partial charge on any atom is 0.276 e. The highest BCUT2D eigenvalue weighted by molar-refractivity contribution is 8.00. The summed E-state index contributed by atoms with van der Waals surface area (Å²) >= 11 is 1.47. The predicted molar refractivity (Wildman–Crippen MR) is 107 cm³/mol. The average molecular weight is 385 g/mol. The minimum atomic E-state index is -0.398. The van der Waals surface area contributed by atoms with Crippen LogP contribution in [0.25, 0.3) is 0 Å². The van der Waals surface area contributed by atoms with Gasteiger partial charge in [0.05, 0.1) is 5.75 Å². The topological polar surface area (TPSA) is 67.4 Å². The lowest BCUT2D eigenvalue weighted by Crippen LogP contribution is -2.44. The van der Waals surface area contributed by atoms with Crippen LogP contribution in [0.5, 0.6) is 5.75 Å². The van der Waals surface area contributed by atoms with Gasteiger partial charge < -0.3 is 4.74 Å². The number of benzene rings is 2. The first kappa shape index (κ1) is 19.3. The van der Waals surface area contributed by atoms with Crippen LogP contribution in [0.1, 0.15) is 28.7 Å². The Hall–Kier alpha value is -2.47. The van der Waals surface area contributed by atoms with Crippen LogP contribution in [0.2, 0.25) is 0 Å². The second kappa shape index (κ2) is 8.95. The summed E-state index contributed by atoms with van der Waals surface area (Å²) < 4.78 is 5.47. The van der Waals surface area contributed by atoms with E-state index in [9.17, 15) is 9.59 Å². The highest BCUT2D eigenvalue weighted by Gasteiger charge is 2.12. The van der Waals surface area contributed by atoms with Crippen molar-refractivity contribution in [1.29, 1.82) is 0 Å². The van der Waals surface area contributed by atoms with Crippen molar-refractivity contribution in [3.05, 3.63) is 58.7 Å². The Morgan fingerprint density at radius 1 is 0.963 bits per heavy atom. The number of hydrazine groups is 1. The first-order valence-corrected chi connectivity index (χ1v) is 10.0. The van der Waals surface area contributed by atoms with Crippen LogP contribution in [-0.2, 0) is 22.4 Å². The normalized spacial score (nSPS) is 12.4. The van der Waals surface area contributed by atoms with Gasteiger partial charge in [-0.3, -0.25) is 20.4 Å². The molecule has 5 nitrogen and oxygen atoms in total. The van der Waals surface area contributed by atoms with Crippen LogP contribution >= 0.6 is 11.8 Å². The van der Waals surface area contributed by atoms with E-state index in [-0.39, 0.29) is 18.3 Å². The number of aryl methyl sites for hydroxylation is 4. The van der Waals surface area contributed by atoms with Crippen LogP contribution in [0.3, 0.4) is 0 Å². The summed E-state index contributed by atoms with van der Waals surface area (Å²) in [5, 5.41) is 0. The minimum Gasteiger partial charge on any atom is -0.484 e. The Labute approximate surface area is 163 Å². The lowest BCUT2D eigenvalue weighted by Gasteiger charge is -2.10. The molecule has 1 aliphatic carbocycles. The van der Waals surface area contributed by atoms with Crippen LogP contribution in [0.4, 0.5) is 0 Å². The van der Waals surface area contributed by atoms with Crippen molar-refractivity contribution in [3.63, 3.8) is 0 Å². The molecule has 0 saturated carbocycles. The summed E-state index contributed by atoms with van der Waals surface area (Å²) in [6.45, 7) is 3.79. The van der Waals surface area contributed by atoms with Gasteiger partial charge in [0.1, 0.15) is 5.75 Å². The van der Waals surface area contributed by atoms with Crippen molar-refractivity contribution >= 4 is 23.6 Å². The van der Waals surface area contributed by atoms with E-state index in [0.717, 1.165) is 28.9 Å². The SMILES string of the molecule is Cc1cc(C)cc(OCC(=O)NNC(=O)CSc2ccc3c(c2)CCC3)c1. The Morgan fingerprint density at radius 2 is 1.67 bits per heavy atom. The zero-order valence-electron chi connectivity index (χ0n) is 15.6. The highest BCUT2D eigenvalue weighted by Crippen LogP contribution is 2.27. The molecule has 0 unspecified atom stereocenters. The number of nitrogens with one attached hydrogen (secondary N) is 2.